The summed E-state index contributed by atoms with van der Waals surface area (Å²) in [6.07, 6.45) is 1.83. The van der Waals surface area contributed by atoms with Gasteiger partial charge in [-0.3, -0.25) is 0 Å². The van der Waals surface area contributed by atoms with Gasteiger partial charge in [-0.25, -0.2) is 17.2 Å². The standard InChI is InChI=1S/C13H17F2NO2S/c1-8-2-5-11(16)13(6-8)19(17,18)12-7-9(14)3-4-10(12)15/h3-4,7-8,11,13H,2,5-6,16H2,1H3. The molecule has 0 aliphatic heterocycles. The fourth-order valence-electron chi connectivity index (χ4n) is 2.57. The maximum Gasteiger partial charge on any atom is 0.185 e. The lowest BCUT2D eigenvalue weighted by atomic mass is 9.87. The van der Waals surface area contributed by atoms with Gasteiger partial charge in [0.2, 0.25) is 0 Å². The van der Waals surface area contributed by atoms with Crippen LogP contribution >= 0.6 is 0 Å². The second-order valence-electron chi connectivity index (χ2n) is 5.24. The van der Waals surface area contributed by atoms with Crippen molar-refractivity contribution in [2.75, 3.05) is 0 Å². The number of rotatable bonds is 2. The number of halogens is 2. The van der Waals surface area contributed by atoms with Crippen LogP contribution in [0.3, 0.4) is 0 Å². The molecule has 1 aliphatic carbocycles. The molecule has 3 atom stereocenters. The lowest BCUT2D eigenvalue weighted by Gasteiger charge is -2.32. The zero-order valence-corrected chi connectivity index (χ0v) is 11.5. The molecule has 1 aliphatic rings. The Morgan fingerprint density at radius 2 is 1.95 bits per heavy atom. The van der Waals surface area contributed by atoms with E-state index in [-0.39, 0.29) is 5.92 Å². The number of benzene rings is 1. The molecule has 0 heterocycles. The Bertz CT molecular complexity index is 574. The smallest absolute Gasteiger partial charge is 0.185 e. The Morgan fingerprint density at radius 1 is 1.26 bits per heavy atom. The molecule has 0 aromatic heterocycles. The average Bonchev–Trinajstić information content (AvgIpc) is 2.35. The Morgan fingerprint density at radius 3 is 2.63 bits per heavy atom. The second-order valence-corrected chi connectivity index (χ2v) is 7.38. The highest BCUT2D eigenvalue weighted by atomic mass is 32.2. The first-order chi connectivity index (χ1) is 8.82. The van der Waals surface area contributed by atoms with Crippen LogP contribution in [0.25, 0.3) is 0 Å². The zero-order valence-electron chi connectivity index (χ0n) is 10.6. The average molecular weight is 289 g/mol. The summed E-state index contributed by atoms with van der Waals surface area (Å²) in [5.41, 5.74) is 5.86. The molecule has 1 aromatic carbocycles. The van der Waals surface area contributed by atoms with Crippen molar-refractivity contribution in [1.82, 2.24) is 0 Å². The lowest BCUT2D eigenvalue weighted by Crippen LogP contribution is -2.45. The third-order valence-electron chi connectivity index (χ3n) is 3.70. The summed E-state index contributed by atoms with van der Waals surface area (Å²) in [6, 6.07) is 1.94. The Balaban J connectivity index is 2.44. The van der Waals surface area contributed by atoms with Crippen molar-refractivity contribution in [3.05, 3.63) is 29.8 Å². The van der Waals surface area contributed by atoms with Gasteiger partial charge in [-0.05, 0) is 43.4 Å². The van der Waals surface area contributed by atoms with Crippen LogP contribution in [0.1, 0.15) is 26.2 Å². The summed E-state index contributed by atoms with van der Waals surface area (Å²) in [7, 11) is -3.94. The maximum atomic E-state index is 13.7. The molecular formula is C13H17F2NO2S. The predicted octanol–water partition coefficient (Wildman–Crippen LogP) is 2.25. The summed E-state index contributed by atoms with van der Waals surface area (Å²) in [4.78, 5) is -0.581. The SMILES string of the molecule is CC1CCC(N)C(S(=O)(=O)c2cc(F)ccc2F)C1. The summed E-state index contributed by atoms with van der Waals surface area (Å²) in [6.45, 7) is 1.94. The third-order valence-corrected chi connectivity index (χ3v) is 5.97. The molecule has 1 fully saturated rings. The van der Waals surface area contributed by atoms with Crippen LogP contribution in [0.15, 0.2) is 23.1 Å². The second kappa shape index (κ2) is 5.17. The molecule has 2 N–H and O–H groups in total. The van der Waals surface area contributed by atoms with E-state index < -0.39 is 37.7 Å². The molecule has 3 unspecified atom stereocenters. The van der Waals surface area contributed by atoms with Gasteiger partial charge in [-0.2, -0.15) is 0 Å². The molecule has 1 saturated carbocycles. The zero-order chi connectivity index (χ0) is 14.2. The summed E-state index contributed by atoms with van der Waals surface area (Å²) >= 11 is 0. The van der Waals surface area contributed by atoms with Crippen LogP contribution in [0.4, 0.5) is 8.78 Å². The monoisotopic (exact) mass is 289 g/mol. The molecule has 0 amide bonds. The van der Waals surface area contributed by atoms with E-state index in [0.717, 1.165) is 24.6 Å². The summed E-state index contributed by atoms with van der Waals surface area (Å²) in [5.74, 6) is -1.47. The van der Waals surface area contributed by atoms with Crippen molar-refractivity contribution in [2.45, 2.75) is 42.4 Å². The molecule has 6 heteroatoms. The number of hydrogen-bond donors (Lipinski definition) is 1. The van der Waals surface area contributed by atoms with E-state index in [0.29, 0.717) is 12.8 Å². The predicted molar refractivity (Wildman–Crippen MR) is 68.3 cm³/mol. The van der Waals surface area contributed by atoms with Gasteiger partial charge in [0.15, 0.2) is 9.84 Å². The van der Waals surface area contributed by atoms with Crippen molar-refractivity contribution in [3.8, 4) is 0 Å². The van der Waals surface area contributed by atoms with Crippen LogP contribution in [0.5, 0.6) is 0 Å². The minimum absolute atomic E-state index is 0.219. The van der Waals surface area contributed by atoms with E-state index in [9.17, 15) is 17.2 Å². The van der Waals surface area contributed by atoms with Gasteiger partial charge in [-0.1, -0.05) is 6.92 Å². The molecule has 106 valence electrons. The first-order valence-corrected chi connectivity index (χ1v) is 7.81. The van der Waals surface area contributed by atoms with Crippen LogP contribution in [-0.4, -0.2) is 19.7 Å². The van der Waals surface area contributed by atoms with Crippen LogP contribution in [0.2, 0.25) is 0 Å². The Labute approximate surface area is 111 Å². The van der Waals surface area contributed by atoms with Gasteiger partial charge in [-0.15, -0.1) is 0 Å². The highest BCUT2D eigenvalue weighted by molar-refractivity contribution is 7.92. The quantitative estimate of drug-likeness (QED) is 0.908. The third kappa shape index (κ3) is 2.79. The van der Waals surface area contributed by atoms with Gasteiger partial charge in [0.1, 0.15) is 16.5 Å². The molecular weight excluding hydrogens is 272 g/mol. The van der Waals surface area contributed by atoms with Crippen molar-refractivity contribution in [3.63, 3.8) is 0 Å². The lowest BCUT2D eigenvalue weighted by molar-refractivity contribution is 0.346. The van der Waals surface area contributed by atoms with Crippen molar-refractivity contribution < 1.29 is 17.2 Å². The number of sulfone groups is 1. The molecule has 0 bridgehead atoms. The van der Waals surface area contributed by atoms with E-state index >= 15 is 0 Å². The topological polar surface area (TPSA) is 60.2 Å². The van der Waals surface area contributed by atoms with Crippen LogP contribution in [-0.2, 0) is 9.84 Å². The van der Waals surface area contributed by atoms with Gasteiger partial charge in [0.05, 0.1) is 5.25 Å². The molecule has 19 heavy (non-hydrogen) atoms. The maximum absolute atomic E-state index is 13.7. The van der Waals surface area contributed by atoms with Crippen molar-refractivity contribution >= 4 is 9.84 Å². The minimum atomic E-state index is -3.94. The first-order valence-electron chi connectivity index (χ1n) is 6.27. The highest BCUT2D eigenvalue weighted by Gasteiger charge is 2.38. The van der Waals surface area contributed by atoms with Gasteiger partial charge in [0, 0.05) is 6.04 Å². The normalized spacial score (nSPS) is 28.3. The molecule has 0 saturated heterocycles. The van der Waals surface area contributed by atoms with Crippen LogP contribution in [0, 0.1) is 17.6 Å². The largest absolute Gasteiger partial charge is 0.327 e. The van der Waals surface area contributed by atoms with E-state index in [1.54, 1.807) is 0 Å². The van der Waals surface area contributed by atoms with Gasteiger partial charge >= 0.3 is 0 Å². The van der Waals surface area contributed by atoms with Crippen LogP contribution < -0.4 is 5.73 Å². The molecule has 0 spiro atoms. The molecule has 2 rings (SSSR count). The fourth-order valence-corrected chi connectivity index (χ4v) is 4.69. The summed E-state index contributed by atoms with van der Waals surface area (Å²) in [5, 5.41) is -0.840. The first kappa shape index (κ1) is 14.4. The van der Waals surface area contributed by atoms with Gasteiger partial charge in [0.25, 0.3) is 0 Å². The van der Waals surface area contributed by atoms with Crippen molar-refractivity contribution in [2.24, 2.45) is 11.7 Å². The molecule has 0 radical (unpaired) electrons. The van der Waals surface area contributed by atoms with Crippen molar-refractivity contribution in [1.29, 1.82) is 0 Å². The summed E-state index contributed by atoms with van der Waals surface area (Å²) < 4.78 is 51.7. The molecule has 3 nitrogen and oxygen atoms in total. The fraction of sp³-hybridized carbons (Fsp3) is 0.538. The molecule has 1 aromatic rings. The number of hydrogen-bond acceptors (Lipinski definition) is 3. The Hall–Kier alpha value is -1.01. The number of nitrogens with two attached hydrogens (primary N) is 1. The highest BCUT2D eigenvalue weighted by Crippen LogP contribution is 2.32. The van der Waals surface area contributed by atoms with E-state index in [1.165, 1.54) is 0 Å². The van der Waals surface area contributed by atoms with E-state index in [2.05, 4.69) is 0 Å². The van der Waals surface area contributed by atoms with E-state index in [4.69, 9.17) is 5.73 Å². The van der Waals surface area contributed by atoms with Gasteiger partial charge < -0.3 is 5.73 Å². The van der Waals surface area contributed by atoms with E-state index in [1.807, 2.05) is 6.92 Å². The minimum Gasteiger partial charge on any atom is -0.327 e. The Kier molecular flexibility index (Phi) is 3.92.